The molecule has 0 unspecified atom stereocenters. The minimum absolute atomic E-state index is 0.0636. The molecule has 0 aliphatic carbocycles. The molecule has 0 bridgehead atoms. The number of nitrogens with zero attached hydrogens (tertiary/aromatic N) is 4. The van der Waals surface area contributed by atoms with Gasteiger partial charge in [0.15, 0.2) is 0 Å². The highest BCUT2D eigenvalue weighted by molar-refractivity contribution is 6.05. The molecule has 7 nitrogen and oxygen atoms in total. The van der Waals surface area contributed by atoms with Gasteiger partial charge in [0.2, 0.25) is 0 Å². The number of nitrogens with one attached hydrogen (secondary N) is 1. The molecular weight excluding hydrogens is 426 g/mol. The first kappa shape index (κ1) is 23.3. The summed E-state index contributed by atoms with van der Waals surface area (Å²) in [6.45, 7) is 7.98. The molecule has 0 radical (unpaired) electrons. The van der Waals surface area contributed by atoms with Crippen molar-refractivity contribution >= 4 is 34.0 Å². The van der Waals surface area contributed by atoms with E-state index < -0.39 is 0 Å². The van der Waals surface area contributed by atoms with Crippen LogP contribution in [0.1, 0.15) is 25.8 Å². The van der Waals surface area contributed by atoms with Crippen LogP contribution >= 0.6 is 0 Å². The molecule has 4 rings (SSSR count). The predicted molar refractivity (Wildman–Crippen MR) is 137 cm³/mol. The lowest BCUT2D eigenvalue weighted by Gasteiger charge is -2.21. The minimum atomic E-state index is -0.0636. The van der Waals surface area contributed by atoms with Gasteiger partial charge in [0.25, 0.3) is 5.91 Å². The normalized spacial score (nSPS) is 13.4. The summed E-state index contributed by atoms with van der Waals surface area (Å²) in [7, 11) is 0. The van der Waals surface area contributed by atoms with Crippen molar-refractivity contribution in [3.63, 3.8) is 0 Å². The summed E-state index contributed by atoms with van der Waals surface area (Å²) >= 11 is 0. The van der Waals surface area contributed by atoms with Crippen molar-refractivity contribution in [2.24, 2.45) is 0 Å². The Hall–Kier alpha value is -3.89. The first-order valence-corrected chi connectivity index (χ1v) is 11.6. The maximum absolute atomic E-state index is 13.2. The Morgan fingerprint density at radius 1 is 1.26 bits per heavy atom. The first-order valence-electron chi connectivity index (χ1n) is 11.6. The minimum Gasteiger partial charge on any atom is -0.491 e. The van der Waals surface area contributed by atoms with Crippen molar-refractivity contribution in [3.8, 4) is 18.1 Å². The zero-order valence-electron chi connectivity index (χ0n) is 19.6. The average Bonchev–Trinajstić information content (AvgIpc) is 3.07. The van der Waals surface area contributed by atoms with E-state index in [1.807, 2.05) is 42.5 Å². The second-order valence-corrected chi connectivity index (χ2v) is 7.99. The fourth-order valence-corrected chi connectivity index (χ4v) is 3.95. The fraction of sp³-hybridized carbons (Fsp3) is 0.296. The molecule has 7 heteroatoms. The number of amides is 1. The highest BCUT2D eigenvalue weighted by atomic mass is 16.5. The van der Waals surface area contributed by atoms with Crippen LogP contribution in [0.5, 0.6) is 5.75 Å². The fourth-order valence-electron chi connectivity index (χ4n) is 3.95. The summed E-state index contributed by atoms with van der Waals surface area (Å²) in [6, 6.07) is 11.4. The second-order valence-electron chi connectivity index (χ2n) is 7.99. The zero-order valence-corrected chi connectivity index (χ0v) is 19.6. The number of rotatable bonds is 7. The van der Waals surface area contributed by atoms with Crippen LogP contribution in [-0.2, 0) is 4.79 Å². The molecule has 1 aromatic heterocycles. The Kier molecular flexibility index (Phi) is 7.41. The van der Waals surface area contributed by atoms with Crippen LogP contribution in [0.3, 0.4) is 0 Å². The van der Waals surface area contributed by atoms with Crippen LogP contribution in [-0.4, -0.2) is 53.6 Å². The van der Waals surface area contributed by atoms with Gasteiger partial charge in [0.05, 0.1) is 17.8 Å². The Bertz CT molecular complexity index is 1240. The number of benzene rings is 2. The largest absolute Gasteiger partial charge is 0.491 e. The molecule has 0 fully saturated rings. The zero-order chi connectivity index (χ0) is 23.9. The molecule has 2 heterocycles. The molecule has 1 aliphatic rings. The van der Waals surface area contributed by atoms with Crippen LogP contribution in [0.2, 0.25) is 0 Å². The molecule has 0 saturated heterocycles. The van der Waals surface area contributed by atoms with E-state index in [1.165, 1.54) is 6.33 Å². The predicted octanol–water partition coefficient (Wildman–Crippen LogP) is 4.37. The van der Waals surface area contributed by atoms with Crippen LogP contribution in [0.15, 0.2) is 54.9 Å². The quantitative estimate of drug-likeness (QED) is 0.421. The third-order valence-corrected chi connectivity index (χ3v) is 5.87. The lowest BCUT2D eigenvalue weighted by molar-refractivity contribution is -0.114. The number of hydrogen-bond acceptors (Lipinski definition) is 6. The van der Waals surface area contributed by atoms with Gasteiger partial charge < -0.3 is 19.9 Å². The van der Waals surface area contributed by atoms with E-state index in [-0.39, 0.29) is 5.91 Å². The highest BCUT2D eigenvalue weighted by Crippen LogP contribution is 2.37. The Morgan fingerprint density at radius 3 is 2.91 bits per heavy atom. The second kappa shape index (κ2) is 10.8. The molecule has 174 valence electrons. The van der Waals surface area contributed by atoms with E-state index in [0.717, 1.165) is 53.9 Å². The summed E-state index contributed by atoms with van der Waals surface area (Å²) in [4.78, 5) is 26.1. The summed E-state index contributed by atoms with van der Waals surface area (Å²) in [6.07, 6.45) is 11.4. The number of carbonyl (C=O) groups is 1. The van der Waals surface area contributed by atoms with E-state index in [1.54, 1.807) is 11.0 Å². The number of ether oxygens (including phenoxy) is 1. The molecule has 0 spiro atoms. The van der Waals surface area contributed by atoms with Crippen molar-refractivity contribution in [1.29, 1.82) is 0 Å². The summed E-state index contributed by atoms with van der Waals surface area (Å²) in [5.74, 6) is 3.86. The van der Waals surface area contributed by atoms with Gasteiger partial charge in [0.1, 0.15) is 17.9 Å². The smallest absolute Gasteiger partial charge is 0.250 e. The van der Waals surface area contributed by atoms with Gasteiger partial charge in [-0.3, -0.25) is 4.79 Å². The van der Waals surface area contributed by atoms with Crippen LogP contribution in [0.4, 0.5) is 17.2 Å². The number of carbonyl (C=O) groups excluding carboxylic acids is 1. The summed E-state index contributed by atoms with van der Waals surface area (Å²) in [5, 5.41) is 4.13. The molecule has 0 atom stereocenters. The van der Waals surface area contributed by atoms with Crippen molar-refractivity contribution in [2.75, 3.05) is 43.0 Å². The molecule has 1 amide bonds. The van der Waals surface area contributed by atoms with Gasteiger partial charge in [-0.25, -0.2) is 9.97 Å². The van der Waals surface area contributed by atoms with E-state index in [9.17, 15) is 4.79 Å². The van der Waals surface area contributed by atoms with E-state index >= 15 is 0 Å². The molecular formula is C27H29N5O2. The number of terminal acetylenes is 1. The van der Waals surface area contributed by atoms with Crippen LogP contribution < -0.4 is 15.0 Å². The summed E-state index contributed by atoms with van der Waals surface area (Å²) in [5.41, 5.74) is 3.06. The van der Waals surface area contributed by atoms with Gasteiger partial charge in [-0.1, -0.05) is 31.9 Å². The summed E-state index contributed by atoms with van der Waals surface area (Å²) < 4.78 is 5.97. The number of aromatic nitrogens is 2. The maximum atomic E-state index is 13.2. The molecule has 3 aromatic rings. The third kappa shape index (κ3) is 5.19. The monoisotopic (exact) mass is 455 g/mol. The standard InChI is InChI=1S/C27H29N5O2/c1-4-20-10-7-11-21(16-20)30-27-22-17-24-25(18-23(22)28-19-29-27)34-15-9-14-32(24)26(33)12-8-13-31(5-2)6-3/h1,7-8,10-12,16-19H,5-6,9,13-15H2,2-3H3,(H,28,29,30)/b12-8+. The van der Waals surface area contributed by atoms with Gasteiger partial charge in [0, 0.05) is 41.9 Å². The molecule has 0 saturated carbocycles. The number of hydrogen-bond donors (Lipinski definition) is 1. The van der Waals surface area contributed by atoms with Gasteiger partial charge >= 0.3 is 0 Å². The Morgan fingerprint density at radius 2 is 2.12 bits per heavy atom. The van der Waals surface area contributed by atoms with Gasteiger partial charge in [-0.15, -0.1) is 6.42 Å². The number of anilines is 3. The van der Waals surface area contributed by atoms with E-state index in [0.29, 0.717) is 24.7 Å². The molecule has 2 aromatic carbocycles. The maximum Gasteiger partial charge on any atom is 0.250 e. The number of fused-ring (bicyclic) bond motifs is 2. The van der Waals surface area contributed by atoms with Crippen molar-refractivity contribution in [1.82, 2.24) is 14.9 Å². The highest BCUT2D eigenvalue weighted by Gasteiger charge is 2.23. The van der Waals surface area contributed by atoms with Gasteiger partial charge in [-0.2, -0.15) is 0 Å². The first-order chi connectivity index (χ1) is 16.6. The van der Waals surface area contributed by atoms with Crippen LogP contribution in [0.25, 0.3) is 10.9 Å². The van der Waals surface area contributed by atoms with Crippen molar-refractivity contribution in [2.45, 2.75) is 20.3 Å². The van der Waals surface area contributed by atoms with Crippen LogP contribution in [0, 0.1) is 12.3 Å². The molecule has 1 N–H and O–H groups in total. The molecule has 1 aliphatic heterocycles. The van der Waals surface area contributed by atoms with E-state index in [2.05, 4.69) is 40.0 Å². The van der Waals surface area contributed by atoms with E-state index in [4.69, 9.17) is 11.2 Å². The Balaban J connectivity index is 1.68. The topological polar surface area (TPSA) is 70.6 Å². The molecule has 34 heavy (non-hydrogen) atoms. The Labute approximate surface area is 200 Å². The SMILES string of the molecule is C#Cc1cccc(Nc2ncnc3cc4c(cc23)N(C(=O)/C=C/CN(CC)CC)CCCO4)c1. The average molecular weight is 456 g/mol. The third-order valence-electron chi connectivity index (χ3n) is 5.87. The van der Waals surface area contributed by atoms with Crippen molar-refractivity contribution in [3.05, 3.63) is 60.4 Å². The van der Waals surface area contributed by atoms with Crippen molar-refractivity contribution < 1.29 is 9.53 Å². The lowest BCUT2D eigenvalue weighted by Crippen LogP contribution is -2.30. The lowest BCUT2D eigenvalue weighted by atomic mass is 10.1. The number of likely N-dealkylation sites (N-methyl/N-ethyl adjacent to an activating group) is 1. The van der Waals surface area contributed by atoms with Gasteiger partial charge in [-0.05, 0) is 43.8 Å².